The SMILES string of the molecule is CC1(C)[C@H]2CC[C@]1(c1cncc(OCC(N)=O)n1)c1nnc(-c3c(F)cccc3F)cc12. The average molecular weight is 437 g/mol. The van der Waals surface area contributed by atoms with Crippen molar-refractivity contribution in [3.05, 3.63) is 65.2 Å². The molecule has 2 heterocycles. The third-order valence-electron chi connectivity index (χ3n) is 7.01. The molecule has 1 saturated carbocycles. The molecule has 32 heavy (non-hydrogen) atoms. The highest BCUT2D eigenvalue weighted by atomic mass is 19.1. The molecular formula is C23H21F2N5O2. The molecule has 1 aromatic carbocycles. The Labute approximate surface area is 183 Å². The van der Waals surface area contributed by atoms with Crippen molar-refractivity contribution in [1.82, 2.24) is 20.2 Å². The minimum absolute atomic E-state index is 0.110. The van der Waals surface area contributed by atoms with Gasteiger partial charge in [-0.3, -0.25) is 9.78 Å². The first-order chi connectivity index (χ1) is 15.3. The minimum Gasteiger partial charge on any atom is -0.466 e. The van der Waals surface area contributed by atoms with Crippen molar-refractivity contribution < 1.29 is 18.3 Å². The maximum absolute atomic E-state index is 14.4. The number of hydrogen-bond acceptors (Lipinski definition) is 6. The Balaban J connectivity index is 1.64. The second kappa shape index (κ2) is 7.01. The van der Waals surface area contributed by atoms with Crippen LogP contribution in [0.4, 0.5) is 8.78 Å². The summed E-state index contributed by atoms with van der Waals surface area (Å²) >= 11 is 0. The Kier molecular flexibility index (Phi) is 4.47. The molecule has 1 fully saturated rings. The minimum atomic E-state index is -0.679. The normalized spacial score (nSPS) is 22.6. The Morgan fingerprint density at radius 3 is 2.69 bits per heavy atom. The van der Waals surface area contributed by atoms with E-state index in [-0.39, 0.29) is 35.1 Å². The van der Waals surface area contributed by atoms with Crippen LogP contribution in [0.5, 0.6) is 5.88 Å². The number of nitrogens with two attached hydrogens (primary N) is 1. The Bertz CT molecular complexity index is 1230. The van der Waals surface area contributed by atoms with Crippen LogP contribution in [0.25, 0.3) is 11.3 Å². The molecule has 2 N–H and O–H groups in total. The van der Waals surface area contributed by atoms with E-state index < -0.39 is 23.0 Å². The molecule has 7 nitrogen and oxygen atoms in total. The van der Waals surface area contributed by atoms with Crippen molar-refractivity contribution in [2.24, 2.45) is 11.1 Å². The molecule has 164 valence electrons. The smallest absolute Gasteiger partial charge is 0.255 e. The molecular weight excluding hydrogens is 416 g/mol. The van der Waals surface area contributed by atoms with E-state index in [9.17, 15) is 13.6 Å². The summed E-state index contributed by atoms with van der Waals surface area (Å²) in [6.45, 7) is 3.97. The van der Waals surface area contributed by atoms with Gasteiger partial charge in [0.05, 0.1) is 34.3 Å². The van der Waals surface area contributed by atoms with Crippen LogP contribution in [-0.4, -0.2) is 32.7 Å². The predicted octanol–water partition coefficient (Wildman–Crippen LogP) is 3.28. The zero-order valence-electron chi connectivity index (χ0n) is 17.6. The summed E-state index contributed by atoms with van der Waals surface area (Å²) in [5.74, 6) is -1.66. The lowest BCUT2D eigenvalue weighted by Crippen LogP contribution is -2.38. The second-order valence-electron chi connectivity index (χ2n) is 8.85. The highest BCUT2D eigenvalue weighted by Gasteiger charge is 2.65. The third kappa shape index (κ3) is 2.73. The zero-order chi connectivity index (χ0) is 22.7. The number of primary amides is 1. The van der Waals surface area contributed by atoms with Gasteiger partial charge in [0.25, 0.3) is 5.91 Å². The van der Waals surface area contributed by atoms with Crippen molar-refractivity contribution in [1.29, 1.82) is 0 Å². The van der Waals surface area contributed by atoms with Gasteiger partial charge in [-0.15, -0.1) is 5.10 Å². The van der Waals surface area contributed by atoms with Crippen LogP contribution in [0.1, 0.15) is 49.6 Å². The van der Waals surface area contributed by atoms with Gasteiger partial charge in [-0.2, -0.15) is 5.10 Å². The van der Waals surface area contributed by atoms with Crippen LogP contribution in [-0.2, 0) is 10.2 Å². The summed E-state index contributed by atoms with van der Waals surface area (Å²) in [5, 5.41) is 8.69. The standard InChI is InChI=1S/C23H21F2N5O2/c1-22(2)13-6-7-23(22,17-9-27-10-19(28-17)32-11-18(26)31)21-12(13)8-16(29-30-21)20-14(24)4-3-5-15(20)25/h3-5,8-10,13H,6-7,11H2,1-2H3,(H2,26,31)/t13-,23-/m0/s1. The number of benzene rings is 1. The summed E-state index contributed by atoms with van der Waals surface area (Å²) in [5.41, 5.74) is 6.57. The molecule has 0 radical (unpaired) electrons. The molecule has 0 saturated heterocycles. The van der Waals surface area contributed by atoms with Crippen LogP contribution in [0.15, 0.2) is 36.7 Å². The van der Waals surface area contributed by atoms with Gasteiger partial charge in [0.1, 0.15) is 11.6 Å². The van der Waals surface area contributed by atoms with E-state index in [1.807, 2.05) is 0 Å². The molecule has 2 bridgehead atoms. The molecule has 0 unspecified atom stereocenters. The fourth-order valence-corrected chi connectivity index (χ4v) is 5.53. The summed E-state index contributed by atoms with van der Waals surface area (Å²) in [6.07, 6.45) is 4.73. The molecule has 9 heteroatoms. The molecule has 2 aromatic heterocycles. The van der Waals surface area contributed by atoms with Gasteiger partial charge in [-0.05, 0) is 47.9 Å². The van der Waals surface area contributed by atoms with Gasteiger partial charge < -0.3 is 10.5 Å². The van der Waals surface area contributed by atoms with Gasteiger partial charge in [-0.1, -0.05) is 19.9 Å². The molecule has 2 aliphatic carbocycles. The Morgan fingerprint density at radius 1 is 1.22 bits per heavy atom. The van der Waals surface area contributed by atoms with Crippen LogP contribution in [0.3, 0.4) is 0 Å². The number of nitrogens with zero attached hydrogens (tertiary/aromatic N) is 4. The number of amides is 1. The molecule has 0 aliphatic heterocycles. The Hall–Kier alpha value is -3.49. The summed E-state index contributed by atoms with van der Waals surface area (Å²) in [7, 11) is 0. The lowest BCUT2D eigenvalue weighted by atomic mass is 9.66. The second-order valence-corrected chi connectivity index (χ2v) is 8.85. The fraction of sp³-hybridized carbons (Fsp3) is 0.348. The van der Waals surface area contributed by atoms with Gasteiger partial charge in [0, 0.05) is 6.20 Å². The van der Waals surface area contributed by atoms with Gasteiger partial charge >= 0.3 is 0 Å². The number of fused-ring (bicyclic) bond motifs is 5. The number of hydrogen-bond donors (Lipinski definition) is 1. The van der Waals surface area contributed by atoms with Gasteiger partial charge in [-0.25, -0.2) is 13.8 Å². The summed E-state index contributed by atoms with van der Waals surface area (Å²) < 4.78 is 34.1. The first-order valence-electron chi connectivity index (χ1n) is 10.3. The highest BCUT2D eigenvalue weighted by molar-refractivity contribution is 5.75. The van der Waals surface area contributed by atoms with E-state index in [1.165, 1.54) is 24.4 Å². The lowest BCUT2D eigenvalue weighted by Gasteiger charge is -2.37. The van der Waals surface area contributed by atoms with Gasteiger partial charge in [0.15, 0.2) is 6.61 Å². The highest BCUT2D eigenvalue weighted by Crippen LogP contribution is 2.69. The average Bonchev–Trinajstić information content (AvgIpc) is 3.14. The predicted molar refractivity (Wildman–Crippen MR) is 111 cm³/mol. The van der Waals surface area contributed by atoms with Crippen LogP contribution in [0.2, 0.25) is 0 Å². The van der Waals surface area contributed by atoms with Crippen molar-refractivity contribution in [2.75, 3.05) is 6.61 Å². The molecule has 1 amide bonds. The summed E-state index contributed by atoms with van der Waals surface area (Å²) in [6, 6.07) is 5.48. The van der Waals surface area contributed by atoms with Crippen molar-refractivity contribution >= 4 is 5.91 Å². The van der Waals surface area contributed by atoms with E-state index in [0.29, 0.717) is 5.69 Å². The van der Waals surface area contributed by atoms with Crippen LogP contribution >= 0.6 is 0 Å². The van der Waals surface area contributed by atoms with E-state index in [0.717, 1.165) is 24.1 Å². The van der Waals surface area contributed by atoms with Crippen LogP contribution in [0, 0.1) is 17.0 Å². The zero-order valence-corrected chi connectivity index (χ0v) is 17.6. The number of carbonyl (C=O) groups excluding carboxylic acids is 1. The first kappa shape index (κ1) is 20.4. The number of carbonyl (C=O) groups is 1. The maximum Gasteiger partial charge on any atom is 0.255 e. The number of rotatable bonds is 5. The van der Waals surface area contributed by atoms with E-state index in [1.54, 1.807) is 12.3 Å². The maximum atomic E-state index is 14.4. The van der Waals surface area contributed by atoms with E-state index in [4.69, 9.17) is 10.5 Å². The van der Waals surface area contributed by atoms with Crippen LogP contribution < -0.4 is 10.5 Å². The van der Waals surface area contributed by atoms with E-state index in [2.05, 4.69) is 34.0 Å². The van der Waals surface area contributed by atoms with Gasteiger partial charge in [0.2, 0.25) is 5.88 Å². The molecule has 5 rings (SSSR count). The lowest BCUT2D eigenvalue weighted by molar-refractivity contribution is -0.120. The van der Waals surface area contributed by atoms with E-state index >= 15 is 0 Å². The number of ether oxygens (including phenoxy) is 1. The molecule has 2 aliphatic rings. The number of aromatic nitrogens is 4. The molecule has 0 spiro atoms. The Morgan fingerprint density at radius 2 is 1.97 bits per heavy atom. The monoisotopic (exact) mass is 437 g/mol. The van der Waals surface area contributed by atoms with Crippen molar-refractivity contribution in [3.8, 4) is 17.1 Å². The fourth-order valence-electron chi connectivity index (χ4n) is 5.53. The number of halogens is 2. The van der Waals surface area contributed by atoms with Crippen molar-refractivity contribution in [3.63, 3.8) is 0 Å². The van der Waals surface area contributed by atoms with Crippen molar-refractivity contribution in [2.45, 2.75) is 38.0 Å². The molecule has 2 atom stereocenters. The third-order valence-corrected chi connectivity index (χ3v) is 7.01. The topological polar surface area (TPSA) is 104 Å². The first-order valence-corrected chi connectivity index (χ1v) is 10.3. The largest absolute Gasteiger partial charge is 0.466 e. The molecule has 3 aromatic rings. The quantitative estimate of drug-likeness (QED) is 0.657. The summed E-state index contributed by atoms with van der Waals surface area (Å²) in [4.78, 5) is 20.0.